The molecule has 0 bridgehead atoms. The first-order chi connectivity index (χ1) is 15.9. The van der Waals surface area contributed by atoms with Crippen LogP contribution in [0.5, 0.6) is 11.5 Å². The summed E-state index contributed by atoms with van der Waals surface area (Å²) in [5.74, 6) is 1.36. The molecule has 1 aromatic heterocycles. The molecule has 0 aliphatic carbocycles. The maximum atomic E-state index is 13.6. The average molecular weight is 474 g/mol. The maximum Gasteiger partial charge on any atom is 0.270 e. The molecule has 2 aromatic carbocycles. The summed E-state index contributed by atoms with van der Waals surface area (Å²) in [6, 6.07) is 12.1. The van der Waals surface area contributed by atoms with E-state index < -0.39 is 14.9 Å². The first-order valence-corrected chi connectivity index (χ1v) is 11.6. The summed E-state index contributed by atoms with van der Waals surface area (Å²) < 4.78 is 49.9. The molecule has 1 aliphatic rings. The Bertz CT molecular complexity index is 1220. The van der Waals surface area contributed by atoms with Gasteiger partial charge < -0.3 is 18.6 Å². The van der Waals surface area contributed by atoms with Gasteiger partial charge in [-0.15, -0.1) is 0 Å². The van der Waals surface area contributed by atoms with E-state index in [1.807, 2.05) is 6.92 Å². The highest BCUT2D eigenvalue weighted by Crippen LogP contribution is 2.35. The summed E-state index contributed by atoms with van der Waals surface area (Å²) in [5, 5.41) is 11.4. The van der Waals surface area contributed by atoms with Gasteiger partial charge in [0.1, 0.15) is 17.3 Å². The van der Waals surface area contributed by atoms with Crippen LogP contribution in [-0.2, 0) is 34.5 Å². The highest BCUT2D eigenvalue weighted by Gasteiger charge is 2.29. The van der Waals surface area contributed by atoms with Gasteiger partial charge in [-0.3, -0.25) is 10.1 Å². The molecule has 0 unspecified atom stereocenters. The zero-order chi connectivity index (χ0) is 23.4. The van der Waals surface area contributed by atoms with Gasteiger partial charge in [-0.25, -0.2) is 8.42 Å². The minimum atomic E-state index is -4.01. The zero-order valence-corrected chi connectivity index (χ0v) is 18.6. The predicted octanol–water partition coefficient (Wildman–Crippen LogP) is 3.84. The van der Waals surface area contributed by atoms with E-state index in [0.29, 0.717) is 35.0 Å². The van der Waals surface area contributed by atoms with E-state index in [4.69, 9.17) is 18.6 Å². The van der Waals surface area contributed by atoms with Crippen LogP contribution in [0.15, 0.2) is 64.1 Å². The normalized spacial score (nSPS) is 13.4. The number of hydrogen-bond acceptors (Lipinski definition) is 8. The van der Waals surface area contributed by atoms with Gasteiger partial charge in [0.25, 0.3) is 5.69 Å². The molecule has 11 heteroatoms. The lowest BCUT2D eigenvalue weighted by atomic mass is 10.1. The van der Waals surface area contributed by atoms with Crippen LogP contribution in [0.2, 0.25) is 0 Å². The average Bonchev–Trinajstić information content (AvgIpc) is 3.32. The smallest absolute Gasteiger partial charge is 0.270 e. The second-order valence-electron chi connectivity index (χ2n) is 7.22. The molecule has 0 saturated carbocycles. The SMILES string of the molecule is CCOc1ccc(S(=O)(=O)N(Cc2ccco2)Cc2cc([N+](=O)[O-])cc3c2OCOC3)cc1. The summed E-state index contributed by atoms with van der Waals surface area (Å²) in [4.78, 5) is 11.0. The lowest BCUT2D eigenvalue weighted by Crippen LogP contribution is -2.30. The molecule has 0 spiro atoms. The van der Waals surface area contributed by atoms with Crippen molar-refractivity contribution < 1.29 is 32.0 Å². The van der Waals surface area contributed by atoms with Crippen molar-refractivity contribution in [1.82, 2.24) is 4.31 Å². The molecule has 0 amide bonds. The van der Waals surface area contributed by atoms with Gasteiger partial charge in [0.2, 0.25) is 10.0 Å². The molecule has 0 saturated heterocycles. The molecule has 0 N–H and O–H groups in total. The molecule has 1 aliphatic heterocycles. The number of ether oxygens (including phenoxy) is 3. The molecule has 174 valence electrons. The lowest BCUT2D eigenvalue weighted by Gasteiger charge is -2.25. The molecule has 0 radical (unpaired) electrons. The van der Waals surface area contributed by atoms with E-state index >= 15 is 0 Å². The Balaban J connectivity index is 1.74. The minimum absolute atomic E-state index is 0.0262. The number of fused-ring (bicyclic) bond motifs is 1. The van der Waals surface area contributed by atoms with Gasteiger partial charge in [0.15, 0.2) is 6.79 Å². The van der Waals surface area contributed by atoms with Crippen molar-refractivity contribution in [2.45, 2.75) is 31.5 Å². The fourth-order valence-corrected chi connectivity index (χ4v) is 4.90. The molecule has 2 heterocycles. The Labute approximate surface area is 190 Å². The molecular weight excluding hydrogens is 452 g/mol. The third kappa shape index (κ3) is 5.00. The fraction of sp³-hybridized carbons (Fsp3) is 0.273. The van der Waals surface area contributed by atoms with Gasteiger partial charge in [0, 0.05) is 29.8 Å². The number of non-ortho nitro benzene ring substituents is 1. The number of sulfonamides is 1. The van der Waals surface area contributed by atoms with E-state index in [-0.39, 0.29) is 37.1 Å². The van der Waals surface area contributed by atoms with Crippen molar-refractivity contribution in [3.63, 3.8) is 0 Å². The van der Waals surface area contributed by atoms with Crippen LogP contribution in [0, 0.1) is 10.1 Å². The van der Waals surface area contributed by atoms with Crippen LogP contribution >= 0.6 is 0 Å². The van der Waals surface area contributed by atoms with Crippen molar-refractivity contribution in [2.75, 3.05) is 13.4 Å². The van der Waals surface area contributed by atoms with Crippen LogP contribution in [0.1, 0.15) is 23.8 Å². The van der Waals surface area contributed by atoms with Crippen molar-refractivity contribution in [2.24, 2.45) is 0 Å². The maximum absolute atomic E-state index is 13.6. The number of nitrogens with zero attached hydrogens (tertiary/aromatic N) is 2. The molecule has 10 nitrogen and oxygen atoms in total. The Morgan fingerprint density at radius 3 is 2.61 bits per heavy atom. The van der Waals surface area contributed by atoms with Crippen molar-refractivity contribution >= 4 is 15.7 Å². The van der Waals surface area contributed by atoms with Crippen LogP contribution in [-0.4, -0.2) is 31.0 Å². The zero-order valence-electron chi connectivity index (χ0n) is 17.8. The van der Waals surface area contributed by atoms with Crippen molar-refractivity contribution in [1.29, 1.82) is 0 Å². The van der Waals surface area contributed by atoms with Gasteiger partial charge in [-0.2, -0.15) is 4.31 Å². The molecule has 0 fully saturated rings. The third-order valence-corrected chi connectivity index (χ3v) is 6.82. The van der Waals surface area contributed by atoms with Gasteiger partial charge in [0.05, 0.1) is 35.8 Å². The Kier molecular flexibility index (Phi) is 6.63. The quantitative estimate of drug-likeness (QED) is 0.339. The van der Waals surface area contributed by atoms with Crippen molar-refractivity contribution in [3.8, 4) is 11.5 Å². The van der Waals surface area contributed by atoms with Crippen molar-refractivity contribution in [3.05, 3.63) is 81.8 Å². The molecule has 3 aromatic rings. The first-order valence-electron chi connectivity index (χ1n) is 10.1. The second-order valence-corrected chi connectivity index (χ2v) is 9.16. The Morgan fingerprint density at radius 2 is 1.94 bits per heavy atom. The number of rotatable bonds is 9. The largest absolute Gasteiger partial charge is 0.494 e. The van der Waals surface area contributed by atoms with Gasteiger partial charge >= 0.3 is 0 Å². The van der Waals surface area contributed by atoms with Crippen LogP contribution in [0.3, 0.4) is 0 Å². The van der Waals surface area contributed by atoms with Gasteiger partial charge in [-0.05, 0) is 43.3 Å². The van der Waals surface area contributed by atoms with E-state index in [1.165, 1.54) is 34.8 Å². The summed E-state index contributed by atoms with van der Waals surface area (Å²) in [7, 11) is -4.01. The predicted molar refractivity (Wildman–Crippen MR) is 116 cm³/mol. The van der Waals surface area contributed by atoms with Crippen LogP contribution in [0.4, 0.5) is 5.69 Å². The minimum Gasteiger partial charge on any atom is -0.494 e. The van der Waals surface area contributed by atoms with E-state index in [0.717, 1.165) is 0 Å². The highest BCUT2D eigenvalue weighted by atomic mass is 32.2. The van der Waals surface area contributed by atoms with Crippen LogP contribution < -0.4 is 9.47 Å². The number of furan rings is 1. The first kappa shape index (κ1) is 22.8. The summed E-state index contributed by atoms with van der Waals surface area (Å²) >= 11 is 0. The summed E-state index contributed by atoms with van der Waals surface area (Å²) in [5.41, 5.74) is 0.680. The Morgan fingerprint density at radius 1 is 1.15 bits per heavy atom. The van der Waals surface area contributed by atoms with E-state index in [2.05, 4.69) is 0 Å². The topological polar surface area (TPSA) is 121 Å². The number of nitro groups is 1. The van der Waals surface area contributed by atoms with E-state index in [1.54, 1.807) is 24.3 Å². The monoisotopic (exact) mass is 474 g/mol. The number of hydrogen-bond donors (Lipinski definition) is 0. The molecule has 0 atom stereocenters. The number of nitro benzene ring substituents is 1. The van der Waals surface area contributed by atoms with Gasteiger partial charge in [-0.1, -0.05) is 0 Å². The lowest BCUT2D eigenvalue weighted by molar-refractivity contribution is -0.385. The van der Waals surface area contributed by atoms with Crippen LogP contribution in [0.25, 0.3) is 0 Å². The standard InChI is InChI=1S/C22H22N2O8S/c1-2-30-19-5-7-21(8-6-19)33(27,28)23(13-20-4-3-9-31-20)12-16-10-18(24(25)26)11-17-14-29-15-32-22(16)17/h3-11H,2,12-15H2,1H3. The summed E-state index contributed by atoms with van der Waals surface area (Å²) in [6.45, 7) is 2.16. The molecule has 33 heavy (non-hydrogen) atoms. The highest BCUT2D eigenvalue weighted by molar-refractivity contribution is 7.89. The second kappa shape index (κ2) is 9.61. The fourth-order valence-electron chi connectivity index (χ4n) is 3.52. The summed E-state index contributed by atoms with van der Waals surface area (Å²) in [6.07, 6.45) is 1.45. The molecule has 4 rings (SSSR count). The molecular formula is C22H22N2O8S. The third-order valence-electron chi connectivity index (χ3n) is 5.01. The van der Waals surface area contributed by atoms with E-state index in [9.17, 15) is 18.5 Å². The number of benzene rings is 2. The Hall–Kier alpha value is -3.41.